The molecule has 0 aromatic carbocycles. The zero-order valence-electron chi connectivity index (χ0n) is 21.8. The first-order valence-corrected chi connectivity index (χ1v) is 12.5. The summed E-state index contributed by atoms with van der Waals surface area (Å²) in [5.41, 5.74) is 0. The average molecular weight is 559 g/mol. The molecule has 0 aromatic heterocycles. The number of esters is 3. The van der Waals surface area contributed by atoms with Crippen molar-refractivity contribution in [1.29, 1.82) is 0 Å². The number of carboxylic acids is 3. The molecule has 0 saturated heterocycles. The molecule has 2 rings (SSSR count). The highest BCUT2D eigenvalue weighted by molar-refractivity contribution is 5.81. The fourth-order valence-electron chi connectivity index (χ4n) is 3.83. The highest BCUT2D eigenvalue weighted by Crippen LogP contribution is 2.30. The first-order chi connectivity index (χ1) is 18.5. The molecule has 4 N–H and O–H groups in total. The molecular weight excluding hydrogens is 520 g/mol. The Morgan fingerprint density at radius 1 is 0.564 bits per heavy atom. The van der Waals surface area contributed by atoms with Gasteiger partial charge < -0.3 is 34.6 Å². The Morgan fingerprint density at radius 3 is 1.18 bits per heavy atom. The first-order valence-electron chi connectivity index (χ1n) is 12.5. The van der Waals surface area contributed by atoms with Gasteiger partial charge in [-0.2, -0.15) is 0 Å². The minimum Gasteiger partial charge on any atom is -0.481 e. The molecule has 0 radical (unpaired) electrons. The van der Waals surface area contributed by atoms with Gasteiger partial charge in [-0.25, -0.2) is 9.59 Å². The summed E-state index contributed by atoms with van der Waals surface area (Å²) in [7, 11) is 0. The zero-order chi connectivity index (χ0) is 29.8. The minimum absolute atomic E-state index is 0.00106. The van der Waals surface area contributed by atoms with E-state index < -0.39 is 29.8 Å². The number of aliphatic carboxylic acids is 3. The van der Waals surface area contributed by atoms with Crippen molar-refractivity contribution in [1.82, 2.24) is 0 Å². The van der Waals surface area contributed by atoms with Crippen LogP contribution in [0, 0.1) is 23.7 Å². The lowest BCUT2D eigenvalue weighted by atomic mass is 9.82. The smallest absolute Gasteiger partial charge is 0.330 e. The number of carboxylic acid groups (broad SMARTS) is 3. The second kappa shape index (κ2) is 20.3. The maximum Gasteiger partial charge on any atom is 0.330 e. The van der Waals surface area contributed by atoms with Crippen molar-refractivity contribution < 1.29 is 63.4 Å². The van der Waals surface area contributed by atoms with Gasteiger partial charge in [-0.05, 0) is 51.4 Å². The number of ether oxygens (including phenoxy) is 3. The molecule has 0 unspecified atom stereocenters. The molecule has 2 saturated carbocycles. The van der Waals surface area contributed by atoms with Gasteiger partial charge >= 0.3 is 35.8 Å². The van der Waals surface area contributed by atoms with Gasteiger partial charge in [-0.3, -0.25) is 19.2 Å². The van der Waals surface area contributed by atoms with Crippen LogP contribution in [0.1, 0.15) is 51.4 Å². The van der Waals surface area contributed by atoms with Crippen molar-refractivity contribution in [3.63, 3.8) is 0 Å². The van der Waals surface area contributed by atoms with Gasteiger partial charge in [0.15, 0.2) is 0 Å². The van der Waals surface area contributed by atoms with Crippen LogP contribution in [0.25, 0.3) is 0 Å². The number of carbonyl (C=O) groups excluding carboxylic acids is 3. The van der Waals surface area contributed by atoms with Crippen LogP contribution in [0.3, 0.4) is 0 Å². The lowest BCUT2D eigenvalue weighted by Gasteiger charge is -2.24. The summed E-state index contributed by atoms with van der Waals surface area (Å²) < 4.78 is 14.0. The summed E-state index contributed by atoms with van der Waals surface area (Å²) in [6.07, 6.45) is 6.17. The maximum atomic E-state index is 11.7. The second-order valence-corrected chi connectivity index (χ2v) is 8.75. The molecule has 13 heteroatoms. The molecule has 0 amide bonds. The van der Waals surface area contributed by atoms with Gasteiger partial charge in [0.25, 0.3) is 0 Å². The van der Waals surface area contributed by atoms with E-state index in [1.807, 2.05) is 0 Å². The van der Waals surface area contributed by atoms with Crippen molar-refractivity contribution in [3.8, 4) is 0 Å². The Balaban J connectivity index is 0.000000616. The van der Waals surface area contributed by atoms with E-state index in [1.165, 1.54) is 0 Å². The number of rotatable bonds is 11. The van der Waals surface area contributed by atoms with Gasteiger partial charge in [-0.15, -0.1) is 0 Å². The Labute approximate surface area is 226 Å². The van der Waals surface area contributed by atoms with Crippen molar-refractivity contribution in [2.24, 2.45) is 23.7 Å². The SMILES string of the molecule is C=CC(=O)OCCO.C=CC(=O)OCCOC(=O)C1CCC(C(=O)O)CC1.O=C(O)C1CCC(C(=O)O)CC1. The number of hydrogen-bond acceptors (Lipinski definition) is 10. The van der Waals surface area contributed by atoms with Gasteiger partial charge in [0.05, 0.1) is 30.3 Å². The molecular formula is C26H38O13. The van der Waals surface area contributed by atoms with Gasteiger partial charge in [-0.1, -0.05) is 13.2 Å². The van der Waals surface area contributed by atoms with Gasteiger partial charge in [0.1, 0.15) is 19.8 Å². The molecule has 13 nitrogen and oxygen atoms in total. The van der Waals surface area contributed by atoms with E-state index in [1.54, 1.807) is 0 Å². The summed E-state index contributed by atoms with van der Waals surface area (Å²) in [5, 5.41) is 34.2. The minimum atomic E-state index is -0.803. The van der Waals surface area contributed by atoms with Crippen LogP contribution in [0.5, 0.6) is 0 Å². The largest absolute Gasteiger partial charge is 0.481 e. The van der Waals surface area contributed by atoms with Crippen LogP contribution in [-0.2, 0) is 43.0 Å². The monoisotopic (exact) mass is 558 g/mol. The van der Waals surface area contributed by atoms with E-state index in [9.17, 15) is 28.8 Å². The van der Waals surface area contributed by atoms with Crippen molar-refractivity contribution in [2.75, 3.05) is 26.4 Å². The van der Waals surface area contributed by atoms with Crippen LogP contribution in [0.2, 0.25) is 0 Å². The molecule has 0 aliphatic heterocycles. The number of carbonyl (C=O) groups is 6. The Bertz CT molecular complexity index is 813. The quantitative estimate of drug-likeness (QED) is 0.123. The molecule has 39 heavy (non-hydrogen) atoms. The molecule has 2 fully saturated rings. The number of hydrogen-bond donors (Lipinski definition) is 4. The number of aliphatic hydroxyl groups is 1. The Morgan fingerprint density at radius 2 is 0.872 bits per heavy atom. The molecule has 2 aliphatic rings. The molecule has 0 spiro atoms. The molecule has 0 atom stereocenters. The van der Waals surface area contributed by atoms with E-state index in [4.69, 9.17) is 25.2 Å². The molecule has 0 heterocycles. The van der Waals surface area contributed by atoms with Crippen LogP contribution in [-0.4, -0.2) is 82.7 Å². The normalized spacial score (nSPS) is 21.7. The Kier molecular flexibility index (Phi) is 18.3. The lowest BCUT2D eigenvalue weighted by Crippen LogP contribution is -2.27. The average Bonchev–Trinajstić information content (AvgIpc) is 2.94. The summed E-state index contributed by atoms with van der Waals surface area (Å²) in [5.74, 6) is -5.03. The Hall–Kier alpha value is -3.74. The zero-order valence-corrected chi connectivity index (χ0v) is 21.8. The fraction of sp³-hybridized carbons (Fsp3) is 0.615. The third kappa shape index (κ3) is 16.0. The maximum absolute atomic E-state index is 11.7. The predicted molar refractivity (Wildman–Crippen MR) is 134 cm³/mol. The van der Waals surface area contributed by atoms with E-state index in [0.29, 0.717) is 51.4 Å². The first kappa shape index (κ1) is 35.3. The second-order valence-electron chi connectivity index (χ2n) is 8.75. The summed E-state index contributed by atoms with van der Waals surface area (Å²) in [6, 6.07) is 0. The number of aliphatic hydroxyl groups excluding tert-OH is 1. The highest BCUT2D eigenvalue weighted by atomic mass is 16.6. The summed E-state index contributed by atoms with van der Waals surface area (Å²) >= 11 is 0. The van der Waals surface area contributed by atoms with Crippen LogP contribution < -0.4 is 0 Å². The van der Waals surface area contributed by atoms with Crippen molar-refractivity contribution in [2.45, 2.75) is 51.4 Å². The van der Waals surface area contributed by atoms with Crippen molar-refractivity contribution in [3.05, 3.63) is 25.3 Å². The fourth-order valence-corrected chi connectivity index (χ4v) is 3.83. The van der Waals surface area contributed by atoms with Gasteiger partial charge in [0, 0.05) is 12.2 Å². The third-order valence-electron chi connectivity index (χ3n) is 6.08. The summed E-state index contributed by atoms with van der Waals surface area (Å²) in [4.78, 5) is 64.2. The van der Waals surface area contributed by atoms with Gasteiger partial charge in [0.2, 0.25) is 0 Å². The standard InChI is InChI=1S/C13H18O6.C8H12O4.C5H8O3/c1-2-11(14)18-7-8-19-13(17)10-5-3-9(4-6-10)12(15)16;9-7(10)5-1-2-6(4-3-5)8(11)12;1-2-5(7)8-4-3-6/h2,9-10H,1,3-8H2,(H,15,16);5-6H,1-4H2,(H,9,10)(H,11,12);2,6H,1,3-4H2. The highest BCUT2D eigenvalue weighted by Gasteiger charge is 2.31. The van der Waals surface area contributed by atoms with E-state index in [-0.39, 0.29) is 56.1 Å². The van der Waals surface area contributed by atoms with E-state index in [2.05, 4.69) is 22.6 Å². The van der Waals surface area contributed by atoms with E-state index >= 15 is 0 Å². The molecule has 2 aliphatic carbocycles. The molecule has 220 valence electrons. The molecule has 0 bridgehead atoms. The van der Waals surface area contributed by atoms with E-state index in [0.717, 1.165) is 12.2 Å². The van der Waals surface area contributed by atoms with Crippen molar-refractivity contribution >= 4 is 35.8 Å². The summed E-state index contributed by atoms with van der Waals surface area (Å²) in [6.45, 7) is 6.32. The molecule has 0 aromatic rings. The van der Waals surface area contributed by atoms with Crippen LogP contribution in [0.15, 0.2) is 25.3 Å². The van der Waals surface area contributed by atoms with Crippen LogP contribution >= 0.6 is 0 Å². The van der Waals surface area contributed by atoms with Crippen LogP contribution in [0.4, 0.5) is 0 Å². The third-order valence-corrected chi connectivity index (χ3v) is 6.08. The topological polar surface area (TPSA) is 211 Å². The predicted octanol–water partition coefficient (Wildman–Crippen LogP) is 1.82. The lowest BCUT2D eigenvalue weighted by molar-refractivity contribution is -0.155.